The van der Waals surface area contributed by atoms with Gasteiger partial charge < -0.3 is 15.5 Å². The minimum Gasteiger partial charge on any atom is -0.480 e. The van der Waals surface area contributed by atoms with Crippen LogP contribution in [0.25, 0.3) is 0 Å². The average Bonchev–Trinajstić information content (AvgIpc) is 2.68. The van der Waals surface area contributed by atoms with Crippen molar-refractivity contribution >= 4 is 23.2 Å². The summed E-state index contributed by atoms with van der Waals surface area (Å²) in [5, 5.41) is 19.9. The number of carboxylic acid groups (broad SMARTS) is 1. The maximum atomic E-state index is 11.8. The average molecular weight is 271 g/mol. The molecule has 3 N–H and O–H groups in total. The van der Waals surface area contributed by atoms with Gasteiger partial charge in [-0.25, -0.2) is 4.79 Å². The number of nitrogens with one attached hydrogen (secondary N) is 1. The molecule has 0 saturated heterocycles. The Labute approximate surface area is 109 Å². The first kappa shape index (κ1) is 14.7. The number of aliphatic hydroxyl groups excluding tert-OH is 1. The van der Waals surface area contributed by atoms with E-state index in [2.05, 4.69) is 12.2 Å². The first-order valence-electron chi connectivity index (χ1n) is 5.73. The van der Waals surface area contributed by atoms with E-state index in [4.69, 9.17) is 10.2 Å². The van der Waals surface area contributed by atoms with Crippen LogP contribution in [0.1, 0.15) is 33.5 Å². The summed E-state index contributed by atoms with van der Waals surface area (Å²) in [6.07, 6.45) is 1.89. The zero-order valence-electron chi connectivity index (χ0n) is 10.4. The van der Waals surface area contributed by atoms with Gasteiger partial charge in [-0.3, -0.25) is 4.79 Å². The lowest BCUT2D eigenvalue weighted by Gasteiger charge is -2.10. The highest BCUT2D eigenvalue weighted by atomic mass is 32.1. The van der Waals surface area contributed by atoms with Crippen LogP contribution in [0.3, 0.4) is 0 Å². The largest absolute Gasteiger partial charge is 0.480 e. The van der Waals surface area contributed by atoms with Gasteiger partial charge in [0.2, 0.25) is 0 Å². The first-order chi connectivity index (χ1) is 8.49. The normalized spacial score (nSPS) is 12.2. The Morgan fingerprint density at radius 3 is 2.67 bits per heavy atom. The molecule has 0 aliphatic carbocycles. The van der Waals surface area contributed by atoms with Crippen LogP contribution in [-0.4, -0.2) is 34.7 Å². The van der Waals surface area contributed by atoms with Crippen LogP contribution in [0.15, 0.2) is 6.07 Å². The second-order valence-corrected chi connectivity index (χ2v) is 5.25. The fourth-order valence-corrected chi connectivity index (χ4v) is 2.54. The van der Waals surface area contributed by atoms with Crippen molar-refractivity contribution in [3.05, 3.63) is 21.4 Å². The highest BCUT2D eigenvalue weighted by Gasteiger charge is 2.21. The summed E-state index contributed by atoms with van der Waals surface area (Å²) in [5.74, 6) is -1.69. The number of rotatable bonds is 6. The topological polar surface area (TPSA) is 86.6 Å². The number of hydrogen-bond donors (Lipinski definition) is 3. The molecule has 0 aliphatic heterocycles. The quantitative estimate of drug-likeness (QED) is 0.725. The van der Waals surface area contributed by atoms with Crippen molar-refractivity contribution in [2.24, 2.45) is 0 Å². The Bertz CT molecular complexity index is 441. The molecule has 6 heteroatoms. The van der Waals surface area contributed by atoms with Crippen LogP contribution in [0, 0.1) is 6.92 Å². The van der Waals surface area contributed by atoms with Crippen LogP contribution in [0.2, 0.25) is 0 Å². The smallest absolute Gasteiger partial charge is 0.328 e. The minimum atomic E-state index is -1.26. The molecule has 0 radical (unpaired) electrons. The molecule has 0 saturated carbocycles. The van der Waals surface area contributed by atoms with E-state index in [9.17, 15) is 9.59 Å². The number of hydrogen-bond acceptors (Lipinski definition) is 4. The third-order valence-electron chi connectivity index (χ3n) is 2.55. The van der Waals surface area contributed by atoms with E-state index < -0.39 is 24.5 Å². The zero-order valence-corrected chi connectivity index (χ0v) is 11.2. The van der Waals surface area contributed by atoms with Crippen molar-refractivity contribution in [3.8, 4) is 0 Å². The van der Waals surface area contributed by atoms with E-state index in [-0.39, 0.29) is 0 Å². The Hall–Kier alpha value is -1.40. The third kappa shape index (κ3) is 3.54. The predicted octanol–water partition coefficient (Wildman–Crippen LogP) is 1.18. The summed E-state index contributed by atoms with van der Waals surface area (Å²) in [5.41, 5.74) is 1.11. The number of carbonyl (C=O) groups excluding carboxylic acids is 1. The molecule has 0 unspecified atom stereocenters. The molecule has 1 heterocycles. The lowest BCUT2D eigenvalue weighted by molar-refractivity contribution is -0.140. The molecule has 18 heavy (non-hydrogen) atoms. The van der Waals surface area contributed by atoms with E-state index in [1.54, 1.807) is 6.07 Å². The van der Waals surface area contributed by atoms with Gasteiger partial charge in [0.1, 0.15) is 0 Å². The fraction of sp³-hybridized carbons (Fsp3) is 0.500. The zero-order chi connectivity index (χ0) is 13.7. The number of carboxylic acids is 1. The maximum absolute atomic E-state index is 11.8. The molecular formula is C12H17NO4S. The summed E-state index contributed by atoms with van der Waals surface area (Å²) in [4.78, 5) is 24.1. The SMILES string of the molecule is CCCc1cc(C(=O)N[C@@H](CO)C(=O)O)sc1C. The summed E-state index contributed by atoms with van der Waals surface area (Å²) < 4.78 is 0. The highest BCUT2D eigenvalue weighted by molar-refractivity contribution is 7.14. The van der Waals surface area contributed by atoms with Gasteiger partial charge in [-0.1, -0.05) is 13.3 Å². The molecule has 5 nitrogen and oxygen atoms in total. The van der Waals surface area contributed by atoms with Gasteiger partial charge in [-0.2, -0.15) is 0 Å². The molecule has 100 valence electrons. The number of amides is 1. The van der Waals surface area contributed by atoms with Gasteiger partial charge in [0, 0.05) is 4.88 Å². The second-order valence-electron chi connectivity index (χ2n) is 3.99. The van der Waals surface area contributed by atoms with Gasteiger partial charge in [0.05, 0.1) is 11.5 Å². The Morgan fingerprint density at radius 1 is 1.50 bits per heavy atom. The van der Waals surface area contributed by atoms with Gasteiger partial charge >= 0.3 is 5.97 Å². The van der Waals surface area contributed by atoms with Crippen LogP contribution >= 0.6 is 11.3 Å². The first-order valence-corrected chi connectivity index (χ1v) is 6.55. The Balaban J connectivity index is 2.78. The summed E-state index contributed by atoms with van der Waals surface area (Å²) >= 11 is 1.34. The second kappa shape index (κ2) is 6.51. The Kier molecular flexibility index (Phi) is 5.30. The van der Waals surface area contributed by atoms with E-state index in [1.807, 2.05) is 6.92 Å². The van der Waals surface area contributed by atoms with Crippen molar-refractivity contribution < 1.29 is 19.8 Å². The molecule has 0 fully saturated rings. The van der Waals surface area contributed by atoms with Crippen molar-refractivity contribution in [2.75, 3.05) is 6.61 Å². The molecule has 0 aliphatic rings. The summed E-state index contributed by atoms with van der Waals surface area (Å²) in [6, 6.07) is 0.532. The lowest BCUT2D eigenvalue weighted by atomic mass is 10.1. The molecule has 1 rings (SSSR count). The molecule has 1 amide bonds. The fourth-order valence-electron chi connectivity index (χ4n) is 1.56. The van der Waals surface area contributed by atoms with Gasteiger partial charge in [-0.15, -0.1) is 11.3 Å². The number of aliphatic carboxylic acids is 1. The van der Waals surface area contributed by atoms with Crippen molar-refractivity contribution in [1.82, 2.24) is 5.32 Å². The van der Waals surface area contributed by atoms with Crippen molar-refractivity contribution in [2.45, 2.75) is 32.7 Å². The van der Waals surface area contributed by atoms with Crippen LogP contribution in [0.5, 0.6) is 0 Å². The molecule has 0 spiro atoms. The summed E-state index contributed by atoms with van der Waals surface area (Å²) in [7, 11) is 0. The van der Waals surface area contributed by atoms with E-state index in [1.165, 1.54) is 11.3 Å². The third-order valence-corrected chi connectivity index (χ3v) is 3.64. The standard InChI is InChI=1S/C12H17NO4S/c1-3-4-8-5-10(18-7(8)2)11(15)13-9(6-14)12(16)17/h5,9,14H,3-4,6H2,1-2H3,(H,13,15)(H,16,17)/t9-/m0/s1. The number of thiophene rings is 1. The number of carbonyl (C=O) groups is 2. The molecule has 1 atom stereocenters. The molecule has 1 aromatic heterocycles. The van der Waals surface area contributed by atoms with Gasteiger partial charge in [0.15, 0.2) is 6.04 Å². The molecule has 1 aromatic rings. The Morgan fingerprint density at radius 2 is 2.17 bits per heavy atom. The van der Waals surface area contributed by atoms with Gasteiger partial charge in [0.25, 0.3) is 5.91 Å². The predicted molar refractivity (Wildman–Crippen MR) is 69.0 cm³/mol. The highest BCUT2D eigenvalue weighted by Crippen LogP contribution is 2.22. The molecule has 0 bridgehead atoms. The maximum Gasteiger partial charge on any atom is 0.328 e. The van der Waals surface area contributed by atoms with E-state index in [0.29, 0.717) is 4.88 Å². The summed E-state index contributed by atoms with van der Waals surface area (Å²) in [6.45, 7) is 3.38. The van der Waals surface area contributed by atoms with Crippen molar-refractivity contribution in [1.29, 1.82) is 0 Å². The number of aryl methyl sites for hydroxylation is 2. The monoisotopic (exact) mass is 271 g/mol. The lowest BCUT2D eigenvalue weighted by Crippen LogP contribution is -2.43. The van der Waals surface area contributed by atoms with E-state index >= 15 is 0 Å². The van der Waals surface area contributed by atoms with Crippen LogP contribution < -0.4 is 5.32 Å². The number of aliphatic hydroxyl groups is 1. The van der Waals surface area contributed by atoms with Crippen LogP contribution in [-0.2, 0) is 11.2 Å². The van der Waals surface area contributed by atoms with Gasteiger partial charge in [-0.05, 0) is 25.0 Å². The molecule has 0 aromatic carbocycles. The minimum absolute atomic E-state index is 0.452. The van der Waals surface area contributed by atoms with Crippen LogP contribution in [0.4, 0.5) is 0 Å². The van der Waals surface area contributed by atoms with Crippen molar-refractivity contribution in [3.63, 3.8) is 0 Å². The van der Waals surface area contributed by atoms with E-state index in [0.717, 1.165) is 23.3 Å². The molecular weight excluding hydrogens is 254 g/mol.